The van der Waals surface area contributed by atoms with Gasteiger partial charge in [-0.05, 0) is 51.0 Å². The van der Waals surface area contributed by atoms with Crippen molar-refractivity contribution in [2.75, 3.05) is 13.1 Å². The number of rotatable bonds is 3. The lowest BCUT2D eigenvalue weighted by molar-refractivity contribution is 0.0773. The van der Waals surface area contributed by atoms with Gasteiger partial charge in [-0.1, -0.05) is 0 Å². The SMILES string of the molecule is CCN(CC)C(=O)c1cc(C)c(O)c(C)c1. The van der Waals surface area contributed by atoms with E-state index in [1.165, 1.54) is 0 Å². The van der Waals surface area contributed by atoms with E-state index in [1.807, 2.05) is 13.8 Å². The Labute approximate surface area is 96.7 Å². The molecule has 0 radical (unpaired) electrons. The minimum Gasteiger partial charge on any atom is -0.507 e. The summed E-state index contributed by atoms with van der Waals surface area (Å²) in [6, 6.07) is 3.48. The number of aromatic hydroxyl groups is 1. The molecule has 0 saturated heterocycles. The van der Waals surface area contributed by atoms with Gasteiger partial charge in [-0.2, -0.15) is 0 Å². The molecule has 0 unspecified atom stereocenters. The van der Waals surface area contributed by atoms with Crippen molar-refractivity contribution >= 4 is 5.91 Å². The maximum Gasteiger partial charge on any atom is 0.253 e. The van der Waals surface area contributed by atoms with Crippen LogP contribution in [-0.4, -0.2) is 29.0 Å². The first-order valence-corrected chi connectivity index (χ1v) is 5.60. The van der Waals surface area contributed by atoms with Gasteiger partial charge in [-0.25, -0.2) is 0 Å². The Bertz CT molecular complexity index is 372. The number of carbonyl (C=O) groups is 1. The highest BCUT2D eigenvalue weighted by molar-refractivity contribution is 5.94. The lowest BCUT2D eigenvalue weighted by Crippen LogP contribution is -2.30. The maximum absolute atomic E-state index is 12.1. The lowest BCUT2D eigenvalue weighted by atomic mass is 10.0. The Hall–Kier alpha value is -1.51. The fraction of sp³-hybridized carbons (Fsp3) is 0.462. The molecule has 3 heteroatoms. The summed E-state index contributed by atoms with van der Waals surface area (Å²) < 4.78 is 0. The van der Waals surface area contributed by atoms with E-state index < -0.39 is 0 Å². The Morgan fingerprint density at radius 2 is 1.62 bits per heavy atom. The zero-order valence-corrected chi connectivity index (χ0v) is 10.4. The number of nitrogens with zero attached hydrogens (tertiary/aromatic N) is 1. The Morgan fingerprint density at radius 1 is 1.19 bits per heavy atom. The molecule has 1 aromatic carbocycles. The highest BCUT2D eigenvalue weighted by Crippen LogP contribution is 2.23. The van der Waals surface area contributed by atoms with Crippen LogP contribution in [0.5, 0.6) is 5.75 Å². The van der Waals surface area contributed by atoms with Crippen LogP contribution in [0.15, 0.2) is 12.1 Å². The van der Waals surface area contributed by atoms with E-state index >= 15 is 0 Å². The van der Waals surface area contributed by atoms with Crippen molar-refractivity contribution < 1.29 is 9.90 Å². The van der Waals surface area contributed by atoms with Crippen molar-refractivity contribution in [3.8, 4) is 5.75 Å². The predicted octanol–water partition coefficient (Wildman–Crippen LogP) is 2.49. The van der Waals surface area contributed by atoms with Crippen molar-refractivity contribution in [2.45, 2.75) is 27.7 Å². The molecule has 3 nitrogen and oxygen atoms in total. The zero-order valence-electron chi connectivity index (χ0n) is 10.4. The average Bonchev–Trinajstić information content (AvgIpc) is 2.26. The summed E-state index contributed by atoms with van der Waals surface area (Å²) in [6.45, 7) is 8.94. The van der Waals surface area contributed by atoms with E-state index in [0.29, 0.717) is 18.7 Å². The van der Waals surface area contributed by atoms with E-state index in [9.17, 15) is 9.90 Å². The second-order valence-corrected chi connectivity index (χ2v) is 3.94. The van der Waals surface area contributed by atoms with E-state index in [0.717, 1.165) is 11.1 Å². The average molecular weight is 221 g/mol. The Morgan fingerprint density at radius 3 is 2.00 bits per heavy atom. The van der Waals surface area contributed by atoms with Gasteiger partial charge in [0.15, 0.2) is 0 Å². The van der Waals surface area contributed by atoms with Crippen molar-refractivity contribution in [1.82, 2.24) is 4.90 Å². The van der Waals surface area contributed by atoms with E-state index in [4.69, 9.17) is 0 Å². The molecule has 0 aliphatic carbocycles. The van der Waals surface area contributed by atoms with Crippen molar-refractivity contribution in [1.29, 1.82) is 0 Å². The van der Waals surface area contributed by atoms with Crippen molar-refractivity contribution in [2.24, 2.45) is 0 Å². The molecule has 0 atom stereocenters. The van der Waals surface area contributed by atoms with Crippen LogP contribution in [0.4, 0.5) is 0 Å². The van der Waals surface area contributed by atoms with Gasteiger partial charge in [0.05, 0.1) is 0 Å². The van der Waals surface area contributed by atoms with Crippen LogP contribution in [0.25, 0.3) is 0 Å². The molecule has 0 fully saturated rings. The van der Waals surface area contributed by atoms with E-state index in [1.54, 1.807) is 30.9 Å². The van der Waals surface area contributed by atoms with Gasteiger partial charge < -0.3 is 10.0 Å². The fourth-order valence-corrected chi connectivity index (χ4v) is 1.77. The predicted molar refractivity (Wildman–Crippen MR) is 64.8 cm³/mol. The van der Waals surface area contributed by atoms with Crippen LogP contribution in [-0.2, 0) is 0 Å². The second-order valence-electron chi connectivity index (χ2n) is 3.94. The molecule has 0 aromatic heterocycles. The normalized spacial score (nSPS) is 10.2. The van der Waals surface area contributed by atoms with Gasteiger partial charge in [-0.3, -0.25) is 4.79 Å². The molecule has 1 aromatic rings. The molecular formula is C13H19NO2. The minimum atomic E-state index is 0.0243. The molecule has 16 heavy (non-hydrogen) atoms. The summed E-state index contributed by atoms with van der Waals surface area (Å²) in [6.07, 6.45) is 0. The monoisotopic (exact) mass is 221 g/mol. The molecule has 1 rings (SSSR count). The third-order valence-electron chi connectivity index (χ3n) is 2.79. The van der Waals surface area contributed by atoms with Gasteiger partial charge in [0.25, 0.3) is 5.91 Å². The van der Waals surface area contributed by atoms with Crippen molar-refractivity contribution in [3.05, 3.63) is 28.8 Å². The summed E-state index contributed by atoms with van der Waals surface area (Å²) in [5.41, 5.74) is 2.14. The van der Waals surface area contributed by atoms with E-state index in [-0.39, 0.29) is 11.7 Å². The number of phenolic OH excluding ortho intramolecular Hbond substituents is 1. The molecule has 0 aliphatic heterocycles. The first kappa shape index (κ1) is 12.6. The molecule has 1 N–H and O–H groups in total. The molecule has 88 valence electrons. The highest BCUT2D eigenvalue weighted by Gasteiger charge is 2.14. The highest BCUT2D eigenvalue weighted by atomic mass is 16.3. The Balaban J connectivity index is 3.10. The lowest BCUT2D eigenvalue weighted by Gasteiger charge is -2.19. The van der Waals surface area contributed by atoms with Gasteiger partial charge in [0.1, 0.15) is 5.75 Å². The summed E-state index contributed by atoms with van der Waals surface area (Å²) in [5.74, 6) is 0.298. The summed E-state index contributed by atoms with van der Waals surface area (Å²) >= 11 is 0. The second kappa shape index (κ2) is 5.01. The minimum absolute atomic E-state index is 0.0243. The summed E-state index contributed by atoms with van der Waals surface area (Å²) in [5, 5.41) is 9.64. The molecule has 0 spiro atoms. The van der Waals surface area contributed by atoms with Crippen LogP contribution < -0.4 is 0 Å². The topological polar surface area (TPSA) is 40.5 Å². The zero-order chi connectivity index (χ0) is 12.3. The molecule has 0 saturated carbocycles. The van der Waals surface area contributed by atoms with E-state index in [2.05, 4.69) is 0 Å². The number of amides is 1. The molecule has 1 amide bonds. The first-order chi connectivity index (χ1) is 7.51. The number of carbonyl (C=O) groups excluding carboxylic acids is 1. The third kappa shape index (κ3) is 2.35. The summed E-state index contributed by atoms with van der Waals surface area (Å²) in [7, 11) is 0. The molecule has 0 aliphatic rings. The first-order valence-electron chi connectivity index (χ1n) is 5.60. The van der Waals surface area contributed by atoms with Gasteiger partial charge in [0.2, 0.25) is 0 Å². The largest absolute Gasteiger partial charge is 0.507 e. The van der Waals surface area contributed by atoms with Crippen LogP contribution in [0.3, 0.4) is 0 Å². The molecule has 0 heterocycles. The number of phenols is 1. The van der Waals surface area contributed by atoms with Crippen LogP contribution in [0.1, 0.15) is 35.3 Å². The third-order valence-corrected chi connectivity index (χ3v) is 2.79. The smallest absolute Gasteiger partial charge is 0.253 e. The standard InChI is InChI=1S/C13H19NO2/c1-5-14(6-2)13(16)11-7-9(3)12(15)10(4)8-11/h7-8,15H,5-6H2,1-4H3. The molecular weight excluding hydrogens is 202 g/mol. The Kier molecular flexibility index (Phi) is 3.93. The number of hydrogen-bond donors (Lipinski definition) is 1. The van der Waals surface area contributed by atoms with Crippen LogP contribution >= 0.6 is 0 Å². The fourth-order valence-electron chi connectivity index (χ4n) is 1.77. The number of benzene rings is 1. The maximum atomic E-state index is 12.1. The van der Waals surface area contributed by atoms with Crippen molar-refractivity contribution in [3.63, 3.8) is 0 Å². The summed E-state index contributed by atoms with van der Waals surface area (Å²) in [4.78, 5) is 13.8. The molecule has 0 bridgehead atoms. The van der Waals surface area contributed by atoms with Gasteiger partial charge in [-0.15, -0.1) is 0 Å². The number of aryl methyl sites for hydroxylation is 2. The number of hydrogen-bond acceptors (Lipinski definition) is 2. The van der Waals surface area contributed by atoms with Gasteiger partial charge >= 0.3 is 0 Å². The van der Waals surface area contributed by atoms with Crippen LogP contribution in [0.2, 0.25) is 0 Å². The van der Waals surface area contributed by atoms with Crippen LogP contribution in [0, 0.1) is 13.8 Å². The van der Waals surface area contributed by atoms with Gasteiger partial charge in [0, 0.05) is 18.7 Å². The quantitative estimate of drug-likeness (QED) is 0.852.